The second-order valence-electron chi connectivity index (χ2n) is 5.05. The van der Waals surface area contributed by atoms with Gasteiger partial charge in [-0.3, -0.25) is 4.79 Å². The van der Waals surface area contributed by atoms with Crippen molar-refractivity contribution in [3.63, 3.8) is 0 Å². The second kappa shape index (κ2) is 5.85. The Morgan fingerprint density at radius 2 is 1.73 bits per heavy atom. The van der Waals surface area contributed by atoms with Crippen LogP contribution in [0.5, 0.6) is 0 Å². The van der Waals surface area contributed by atoms with E-state index in [1.807, 2.05) is 43.3 Å². The molecule has 0 radical (unpaired) electrons. The molecule has 0 amide bonds. The lowest BCUT2D eigenvalue weighted by molar-refractivity contribution is 0.0340. The molecule has 1 aromatic heterocycles. The topological polar surface area (TPSA) is 59.2 Å². The summed E-state index contributed by atoms with van der Waals surface area (Å²) in [5.41, 5.74) is 1.49. The first-order valence-electron chi connectivity index (χ1n) is 7.03. The Balaban J connectivity index is 1.94. The molecule has 2 aromatic carbocycles. The van der Waals surface area contributed by atoms with Crippen LogP contribution in [-0.4, -0.2) is 11.0 Å². The number of carbonyl (C=O) groups excluding carboxylic acids is 1. The maximum atomic E-state index is 12.4. The third-order valence-electron chi connectivity index (χ3n) is 3.52. The summed E-state index contributed by atoms with van der Waals surface area (Å²) in [5.74, 6) is -0.501. The van der Waals surface area contributed by atoms with Crippen LogP contribution in [0.1, 0.15) is 28.9 Å². The quantitative estimate of drug-likeness (QED) is 0.752. The number of nitrogens with one attached hydrogen (secondary N) is 1. The van der Waals surface area contributed by atoms with Crippen molar-refractivity contribution in [2.75, 3.05) is 0 Å². The molecule has 0 saturated carbocycles. The van der Waals surface area contributed by atoms with E-state index in [2.05, 4.69) is 4.98 Å². The minimum atomic E-state index is -0.501. The van der Waals surface area contributed by atoms with Crippen molar-refractivity contribution in [1.82, 2.24) is 4.98 Å². The molecule has 0 fully saturated rings. The molecule has 4 heteroatoms. The summed E-state index contributed by atoms with van der Waals surface area (Å²) in [6.07, 6.45) is -0.383. The number of fused-ring (bicyclic) bond motifs is 1. The molecule has 4 nitrogen and oxygen atoms in total. The van der Waals surface area contributed by atoms with E-state index in [1.165, 1.54) is 6.07 Å². The zero-order valence-corrected chi connectivity index (χ0v) is 12.1. The molecule has 1 N–H and O–H groups in total. The van der Waals surface area contributed by atoms with Crippen LogP contribution in [0.2, 0.25) is 0 Å². The standard InChI is InChI=1S/C18H15NO3/c1-12(13-7-3-2-4-8-13)22-18(21)15-11-17(20)19-16-10-6-5-9-14(15)16/h2-12H,1H3,(H,19,20)/t12-/m1/s1. The summed E-state index contributed by atoms with van der Waals surface area (Å²) >= 11 is 0. The number of hydrogen-bond donors (Lipinski definition) is 1. The number of pyridine rings is 1. The normalized spacial score (nSPS) is 12.0. The number of aromatic nitrogens is 1. The lowest BCUT2D eigenvalue weighted by Gasteiger charge is -2.14. The fourth-order valence-electron chi connectivity index (χ4n) is 2.39. The van der Waals surface area contributed by atoms with E-state index in [9.17, 15) is 9.59 Å². The van der Waals surface area contributed by atoms with Gasteiger partial charge in [-0.2, -0.15) is 0 Å². The van der Waals surface area contributed by atoms with E-state index < -0.39 is 5.97 Å². The second-order valence-corrected chi connectivity index (χ2v) is 5.05. The van der Waals surface area contributed by atoms with Gasteiger partial charge < -0.3 is 9.72 Å². The Hall–Kier alpha value is -2.88. The van der Waals surface area contributed by atoms with E-state index in [-0.39, 0.29) is 17.2 Å². The lowest BCUT2D eigenvalue weighted by Crippen LogP contribution is -2.14. The van der Waals surface area contributed by atoms with Crippen LogP contribution in [0.15, 0.2) is 65.5 Å². The molecule has 0 bridgehead atoms. The fraction of sp³-hybridized carbons (Fsp3) is 0.111. The minimum absolute atomic E-state index is 0.280. The number of rotatable bonds is 3. The van der Waals surface area contributed by atoms with Crippen molar-refractivity contribution in [3.8, 4) is 0 Å². The lowest BCUT2D eigenvalue weighted by atomic mass is 10.1. The number of esters is 1. The summed E-state index contributed by atoms with van der Waals surface area (Å²) < 4.78 is 5.49. The third-order valence-corrected chi connectivity index (χ3v) is 3.52. The molecule has 22 heavy (non-hydrogen) atoms. The zero-order valence-electron chi connectivity index (χ0n) is 12.1. The Kier molecular flexibility index (Phi) is 3.74. The van der Waals surface area contributed by atoms with E-state index in [4.69, 9.17) is 4.74 Å². The summed E-state index contributed by atoms with van der Waals surface area (Å²) in [5, 5.41) is 0.673. The highest BCUT2D eigenvalue weighted by atomic mass is 16.5. The molecule has 3 aromatic rings. The molecule has 1 heterocycles. The molecule has 3 rings (SSSR count). The molecule has 0 unspecified atom stereocenters. The number of ether oxygens (including phenoxy) is 1. The predicted molar refractivity (Wildman–Crippen MR) is 84.8 cm³/mol. The van der Waals surface area contributed by atoms with Gasteiger partial charge in [-0.25, -0.2) is 4.79 Å². The monoisotopic (exact) mass is 293 g/mol. The van der Waals surface area contributed by atoms with Crippen molar-refractivity contribution in [2.24, 2.45) is 0 Å². The van der Waals surface area contributed by atoms with Crippen molar-refractivity contribution in [2.45, 2.75) is 13.0 Å². The summed E-state index contributed by atoms with van der Waals surface area (Å²) in [4.78, 5) is 26.8. The number of aromatic amines is 1. The van der Waals surface area contributed by atoms with Gasteiger partial charge in [0, 0.05) is 17.0 Å². The van der Waals surface area contributed by atoms with Crippen LogP contribution >= 0.6 is 0 Å². The van der Waals surface area contributed by atoms with Crippen molar-refractivity contribution >= 4 is 16.9 Å². The highest BCUT2D eigenvalue weighted by Crippen LogP contribution is 2.21. The summed E-state index contributed by atoms with van der Waals surface area (Å²) in [7, 11) is 0. The van der Waals surface area contributed by atoms with Gasteiger partial charge in [-0.15, -0.1) is 0 Å². The van der Waals surface area contributed by atoms with Crippen molar-refractivity contribution in [1.29, 1.82) is 0 Å². The van der Waals surface area contributed by atoms with E-state index in [1.54, 1.807) is 18.2 Å². The number of benzene rings is 2. The Morgan fingerprint density at radius 3 is 2.50 bits per heavy atom. The number of H-pyrrole nitrogens is 1. The van der Waals surface area contributed by atoms with Crippen LogP contribution in [0.4, 0.5) is 0 Å². The zero-order chi connectivity index (χ0) is 15.5. The largest absolute Gasteiger partial charge is 0.454 e. The number of hydrogen-bond acceptors (Lipinski definition) is 3. The average Bonchev–Trinajstić information content (AvgIpc) is 2.54. The van der Waals surface area contributed by atoms with Gasteiger partial charge in [0.2, 0.25) is 5.56 Å². The van der Waals surface area contributed by atoms with Gasteiger partial charge in [-0.05, 0) is 18.6 Å². The molecule has 1 atom stereocenters. The predicted octanol–water partition coefficient (Wildman–Crippen LogP) is 3.45. The van der Waals surface area contributed by atoms with Crippen LogP contribution in [-0.2, 0) is 4.74 Å². The molecule has 110 valence electrons. The fourth-order valence-corrected chi connectivity index (χ4v) is 2.39. The van der Waals surface area contributed by atoms with Gasteiger partial charge in [0.15, 0.2) is 0 Å². The van der Waals surface area contributed by atoms with Crippen LogP contribution in [0.3, 0.4) is 0 Å². The molecule has 0 saturated heterocycles. The number of carbonyl (C=O) groups is 1. The SMILES string of the molecule is C[C@@H](OC(=O)c1cc(=O)[nH]c2ccccc12)c1ccccc1. The Morgan fingerprint density at radius 1 is 1.05 bits per heavy atom. The Labute approximate surface area is 127 Å². The summed E-state index contributed by atoms with van der Waals surface area (Å²) in [6.45, 7) is 1.81. The molecule has 0 aliphatic heterocycles. The molecular formula is C18H15NO3. The first kappa shape index (κ1) is 14.1. The van der Waals surface area contributed by atoms with Gasteiger partial charge in [-0.1, -0.05) is 48.5 Å². The first-order chi connectivity index (χ1) is 10.6. The van der Waals surface area contributed by atoms with Gasteiger partial charge in [0.1, 0.15) is 6.10 Å². The van der Waals surface area contributed by atoms with Crippen molar-refractivity contribution < 1.29 is 9.53 Å². The van der Waals surface area contributed by atoms with Crippen LogP contribution < -0.4 is 5.56 Å². The third kappa shape index (κ3) is 2.76. The smallest absolute Gasteiger partial charge is 0.339 e. The van der Waals surface area contributed by atoms with Crippen LogP contribution in [0, 0.1) is 0 Å². The number of para-hydroxylation sites is 1. The minimum Gasteiger partial charge on any atom is -0.454 e. The van der Waals surface area contributed by atoms with Crippen LogP contribution in [0.25, 0.3) is 10.9 Å². The molecule has 0 spiro atoms. The maximum Gasteiger partial charge on any atom is 0.339 e. The average molecular weight is 293 g/mol. The highest BCUT2D eigenvalue weighted by Gasteiger charge is 2.16. The van der Waals surface area contributed by atoms with Gasteiger partial charge in [0.05, 0.1) is 5.56 Å². The van der Waals surface area contributed by atoms with Gasteiger partial charge in [0.25, 0.3) is 0 Å². The molecule has 0 aliphatic rings. The van der Waals surface area contributed by atoms with E-state index >= 15 is 0 Å². The van der Waals surface area contributed by atoms with E-state index in [0.717, 1.165) is 5.56 Å². The first-order valence-corrected chi connectivity index (χ1v) is 7.03. The molecular weight excluding hydrogens is 278 g/mol. The van der Waals surface area contributed by atoms with Crippen molar-refractivity contribution in [3.05, 3.63) is 82.1 Å². The summed E-state index contributed by atoms with van der Waals surface area (Å²) in [6, 6.07) is 17.9. The Bertz CT molecular complexity index is 868. The van der Waals surface area contributed by atoms with Gasteiger partial charge >= 0.3 is 5.97 Å². The molecule has 0 aliphatic carbocycles. The maximum absolute atomic E-state index is 12.4. The van der Waals surface area contributed by atoms with E-state index in [0.29, 0.717) is 10.9 Å². The highest BCUT2D eigenvalue weighted by molar-refractivity contribution is 6.03.